The molecule has 0 spiro atoms. The second-order valence-corrected chi connectivity index (χ2v) is 8.87. The number of carbonyl (C=O) groups is 1. The molecule has 6 heteroatoms. The Balaban J connectivity index is 1.50. The minimum atomic E-state index is -0.0595. The first kappa shape index (κ1) is 22.7. The molecule has 6 nitrogen and oxygen atoms in total. The predicted molar refractivity (Wildman–Crippen MR) is 134 cm³/mol. The van der Waals surface area contributed by atoms with E-state index in [1.165, 1.54) is 0 Å². The monoisotopic (exact) mass is 466 g/mol. The van der Waals surface area contributed by atoms with E-state index in [0.29, 0.717) is 35.9 Å². The lowest BCUT2D eigenvalue weighted by atomic mass is 10.0. The summed E-state index contributed by atoms with van der Waals surface area (Å²) < 4.78 is 17.8. The van der Waals surface area contributed by atoms with E-state index in [-0.39, 0.29) is 12.0 Å². The van der Waals surface area contributed by atoms with Crippen molar-refractivity contribution >= 4 is 16.9 Å². The van der Waals surface area contributed by atoms with Gasteiger partial charge in [-0.3, -0.25) is 4.79 Å². The molecule has 1 aliphatic heterocycles. The molecule has 4 aromatic rings. The number of carbonyl (C=O) groups excluding carboxylic acids is 1. The molecule has 0 saturated carbocycles. The van der Waals surface area contributed by atoms with Gasteiger partial charge in [-0.05, 0) is 35.9 Å². The van der Waals surface area contributed by atoms with Gasteiger partial charge in [-0.1, -0.05) is 36.4 Å². The molecule has 0 bridgehead atoms. The normalized spacial score (nSPS) is 14.0. The van der Waals surface area contributed by atoms with E-state index >= 15 is 0 Å². The highest BCUT2D eigenvalue weighted by atomic mass is 16.5. The molecule has 1 saturated heterocycles. The number of rotatable bonds is 5. The summed E-state index contributed by atoms with van der Waals surface area (Å²) in [7, 11) is 3.47. The Morgan fingerprint density at radius 3 is 2.57 bits per heavy atom. The Morgan fingerprint density at radius 2 is 1.80 bits per heavy atom. The largest absolute Gasteiger partial charge is 0.489 e. The van der Waals surface area contributed by atoms with E-state index in [4.69, 9.17) is 13.9 Å². The molecule has 0 radical (unpaired) electrons. The second kappa shape index (κ2) is 9.65. The highest BCUT2D eigenvalue weighted by Crippen LogP contribution is 2.36. The van der Waals surface area contributed by atoms with Gasteiger partial charge in [0.1, 0.15) is 29.3 Å². The molecular formula is C29H26N2O4. The molecule has 0 aliphatic carbocycles. The third-order valence-electron chi connectivity index (χ3n) is 6.22. The SMILES string of the molecule is CN(C)C(=O)c1cccc(-c2cc3cccc(-c4ccc(OC5CCOCC5)c(C#N)c4)c3o2)c1. The minimum absolute atomic E-state index is 0.0595. The lowest BCUT2D eigenvalue weighted by molar-refractivity contribution is 0.0254. The van der Waals surface area contributed by atoms with Gasteiger partial charge in [-0.15, -0.1) is 0 Å². The van der Waals surface area contributed by atoms with Crippen LogP contribution >= 0.6 is 0 Å². The average molecular weight is 467 g/mol. The van der Waals surface area contributed by atoms with Crippen molar-refractivity contribution in [3.63, 3.8) is 0 Å². The molecule has 3 aromatic carbocycles. The van der Waals surface area contributed by atoms with E-state index in [1.54, 1.807) is 25.1 Å². The van der Waals surface area contributed by atoms with Crippen molar-refractivity contribution in [2.45, 2.75) is 18.9 Å². The van der Waals surface area contributed by atoms with Crippen molar-refractivity contribution in [3.05, 3.63) is 77.9 Å². The van der Waals surface area contributed by atoms with Crippen molar-refractivity contribution in [1.82, 2.24) is 4.90 Å². The molecule has 2 heterocycles. The molecule has 0 N–H and O–H groups in total. The zero-order valence-corrected chi connectivity index (χ0v) is 19.8. The van der Waals surface area contributed by atoms with Crippen molar-refractivity contribution in [1.29, 1.82) is 5.26 Å². The van der Waals surface area contributed by atoms with Gasteiger partial charge in [-0.25, -0.2) is 0 Å². The van der Waals surface area contributed by atoms with Crippen molar-refractivity contribution in [2.75, 3.05) is 27.3 Å². The second-order valence-electron chi connectivity index (χ2n) is 8.87. The quantitative estimate of drug-likeness (QED) is 0.366. The third-order valence-corrected chi connectivity index (χ3v) is 6.22. The molecule has 35 heavy (non-hydrogen) atoms. The summed E-state index contributed by atoms with van der Waals surface area (Å²) in [6.45, 7) is 1.36. The van der Waals surface area contributed by atoms with Gasteiger partial charge in [-0.2, -0.15) is 5.26 Å². The summed E-state index contributed by atoms with van der Waals surface area (Å²) in [6.07, 6.45) is 1.71. The van der Waals surface area contributed by atoms with Crippen molar-refractivity contribution in [2.24, 2.45) is 0 Å². The van der Waals surface area contributed by atoms with Crippen molar-refractivity contribution in [3.8, 4) is 34.3 Å². The molecular weight excluding hydrogens is 440 g/mol. The van der Waals surface area contributed by atoms with Crippen LogP contribution in [0.15, 0.2) is 71.1 Å². The number of furan rings is 1. The van der Waals surface area contributed by atoms with Gasteiger partial charge in [0.2, 0.25) is 0 Å². The average Bonchev–Trinajstić information content (AvgIpc) is 3.34. The number of fused-ring (bicyclic) bond motifs is 1. The van der Waals surface area contributed by atoms with Crippen LogP contribution in [0.1, 0.15) is 28.8 Å². The summed E-state index contributed by atoms with van der Waals surface area (Å²) in [5.74, 6) is 1.22. The molecule has 176 valence electrons. The van der Waals surface area contributed by atoms with E-state index in [2.05, 4.69) is 6.07 Å². The summed E-state index contributed by atoms with van der Waals surface area (Å²) in [4.78, 5) is 14.0. The highest BCUT2D eigenvalue weighted by molar-refractivity contribution is 5.97. The van der Waals surface area contributed by atoms with Gasteiger partial charge in [0.25, 0.3) is 5.91 Å². The molecule has 1 aromatic heterocycles. The lowest BCUT2D eigenvalue weighted by Gasteiger charge is -2.23. The molecule has 1 fully saturated rings. The molecule has 5 rings (SSSR count). The number of nitrogens with zero attached hydrogens (tertiary/aromatic N) is 2. The Morgan fingerprint density at radius 1 is 1.00 bits per heavy atom. The van der Waals surface area contributed by atoms with Gasteiger partial charge >= 0.3 is 0 Å². The third kappa shape index (κ3) is 4.64. The van der Waals surface area contributed by atoms with E-state index < -0.39 is 0 Å². The van der Waals surface area contributed by atoms with E-state index in [1.807, 2.05) is 60.7 Å². The number of benzene rings is 3. The first-order valence-electron chi connectivity index (χ1n) is 11.7. The van der Waals surface area contributed by atoms with Gasteiger partial charge < -0.3 is 18.8 Å². The molecule has 1 aliphatic rings. The van der Waals surface area contributed by atoms with Crippen LogP contribution in [0.2, 0.25) is 0 Å². The maximum atomic E-state index is 12.4. The van der Waals surface area contributed by atoms with E-state index in [9.17, 15) is 10.1 Å². The van der Waals surface area contributed by atoms with Crippen LogP contribution in [0, 0.1) is 11.3 Å². The highest BCUT2D eigenvalue weighted by Gasteiger charge is 2.19. The standard InChI is InChI=1S/C29H26N2O4/c1-31(2)29(32)22-7-3-5-20(16-22)27-17-21-6-4-8-25(28(21)35-27)19-9-10-26(23(15-19)18-30)34-24-11-13-33-14-12-24/h3-10,15-17,24H,11-14H2,1-2H3. The molecule has 0 atom stereocenters. The summed E-state index contributed by atoms with van der Waals surface area (Å²) in [5, 5.41) is 10.7. The number of ether oxygens (including phenoxy) is 2. The molecule has 1 amide bonds. The first-order chi connectivity index (χ1) is 17.0. The number of hydrogen-bond acceptors (Lipinski definition) is 5. The van der Waals surface area contributed by atoms with Gasteiger partial charge in [0.05, 0.1) is 18.8 Å². The predicted octanol–water partition coefficient (Wildman–Crippen LogP) is 5.90. The van der Waals surface area contributed by atoms with Crippen LogP contribution in [-0.4, -0.2) is 44.2 Å². The van der Waals surface area contributed by atoms with E-state index in [0.717, 1.165) is 40.5 Å². The smallest absolute Gasteiger partial charge is 0.253 e. The zero-order chi connectivity index (χ0) is 24.4. The Bertz CT molecular complexity index is 1420. The lowest BCUT2D eigenvalue weighted by Crippen LogP contribution is -2.26. The first-order valence-corrected chi connectivity index (χ1v) is 11.7. The summed E-state index contributed by atoms with van der Waals surface area (Å²) in [5.41, 5.74) is 4.43. The summed E-state index contributed by atoms with van der Waals surface area (Å²) >= 11 is 0. The van der Waals surface area contributed by atoms with Crippen molar-refractivity contribution < 1.29 is 18.7 Å². The van der Waals surface area contributed by atoms with Crippen LogP contribution in [0.4, 0.5) is 0 Å². The van der Waals surface area contributed by atoms with Crippen LogP contribution in [-0.2, 0) is 4.74 Å². The number of amides is 1. The maximum Gasteiger partial charge on any atom is 0.253 e. The maximum absolute atomic E-state index is 12.4. The summed E-state index contributed by atoms with van der Waals surface area (Å²) in [6, 6.07) is 23.3. The van der Waals surface area contributed by atoms with Crippen LogP contribution in [0.5, 0.6) is 5.75 Å². The minimum Gasteiger partial charge on any atom is -0.489 e. The molecule has 0 unspecified atom stereocenters. The Hall–Kier alpha value is -4.08. The zero-order valence-electron chi connectivity index (χ0n) is 19.8. The fourth-order valence-corrected chi connectivity index (χ4v) is 4.36. The fourth-order valence-electron chi connectivity index (χ4n) is 4.36. The Labute approximate surface area is 204 Å². The van der Waals surface area contributed by atoms with Crippen LogP contribution < -0.4 is 4.74 Å². The topological polar surface area (TPSA) is 75.7 Å². The van der Waals surface area contributed by atoms with Crippen LogP contribution in [0.3, 0.4) is 0 Å². The van der Waals surface area contributed by atoms with Gasteiger partial charge in [0, 0.05) is 49.0 Å². The van der Waals surface area contributed by atoms with Gasteiger partial charge in [0.15, 0.2) is 0 Å². The van der Waals surface area contributed by atoms with Crippen LogP contribution in [0.25, 0.3) is 33.4 Å². The Kier molecular flexibility index (Phi) is 6.26. The number of para-hydroxylation sites is 1. The number of nitriles is 1. The number of hydrogen-bond donors (Lipinski definition) is 0. The fraction of sp³-hybridized carbons (Fsp3) is 0.241.